The molecule has 3 nitrogen and oxygen atoms in total. The summed E-state index contributed by atoms with van der Waals surface area (Å²) in [7, 11) is 0. The van der Waals surface area contributed by atoms with Crippen LogP contribution in [-0.2, 0) is 5.41 Å². The van der Waals surface area contributed by atoms with Gasteiger partial charge in [-0.25, -0.2) is 9.37 Å². The van der Waals surface area contributed by atoms with Crippen molar-refractivity contribution in [1.82, 2.24) is 4.98 Å². The molecule has 0 radical (unpaired) electrons. The number of hydrogen-bond acceptors (Lipinski definition) is 3. The zero-order chi connectivity index (χ0) is 14.9. The van der Waals surface area contributed by atoms with Crippen LogP contribution in [0.15, 0.2) is 36.5 Å². The van der Waals surface area contributed by atoms with Crippen LogP contribution in [0, 0.1) is 12.7 Å². The third-order valence-corrected chi connectivity index (χ3v) is 3.92. The van der Waals surface area contributed by atoms with Gasteiger partial charge in [0.15, 0.2) is 0 Å². The minimum atomic E-state index is -0.379. The number of halogens is 1. The highest BCUT2D eigenvalue weighted by molar-refractivity contribution is 5.48. The summed E-state index contributed by atoms with van der Waals surface area (Å²) in [4.78, 5) is 4.12. The topological polar surface area (TPSA) is 64.9 Å². The molecule has 4 heteroatoms. The van der Waals surface area contributed by atoms with E-state index in [1.807, 2.05) is 26.8 Å². The van der Waals surface area contributed by atoms with Crippen LogP contribution < -0.4 is 11.5 Å². The van der Waals surface area contributed by atoms with Gasteiger partial charge < -0.3 is 11.5 Å². The molecule has 0 saturated heterocycles. The lowest BCUT2D eigenvalue weighted by Gasteiger charge is -2.33. The number of pyridine rings is 1. The van der Waals surface area contributed by atoms with Gasteiger partial charge in [0, 0.05) is 23.2 Å². The molecule has 0 aliphatic carbocycles. The Morgan fingerprint density at radius 3 is 2.30 bits per heavy atom. The van der Waals surface area contributed by atoms with Gasteiger partial charge in [0.1, 0.15) is 11.6 Å². The van der Waals surface area contributed by atoms with Crippen LogP contribution in [-0.4, -0.2) is 4.98 Å². The van der Waals surface area contributed by atoms with Crippen LogP contribution in [0.5, 0.6) is 0 Å². The fourth-order valence-corrected chi connectivity index (χ4v) is 2.42. The SMILES string of the molecule is Cc1ccnc(N)c1C(N)C(C)(C)c1ccc(F)cc1. The molecule has 2 rings (SSSR count). The molecule has 1 aromatic carbocycles. The van der Waals surface area contributed by atoms with Crippen molar-refractivity contribution in [2.45, 2.75) is 32.2 Å². The number of anilines is 1. The number of nitrogens with zero attached hydrogens (tertiary/aromatic N) is 1. The van der Waals surface area contributed by atoms with E-state index in [0.29, 0.717) is 5.82 Å². The minimum Gasteiger partial charge on any atom is -0.383 e. The highest BCUT2D eigenvalue weighted by atomic mass is 19.1. The van der Waals surface area contributed by atoms with Crippen molar-refractivity contribution in [2.75, 3.05) is 5.73 Å². The van der Waals surface area contributed by atoms with Crippen molar-refractivity contribution >= 4 is 5.82 Å². The van der Waals surface area contributed by atoms with Crippen molar-refractivity contribution in [1.29, 1.82) is 0 Å². The van der Waals surface area contributed by atoms with Gasteiger partial charge in [-0.2, -0.15) is 0 Å². The van der Waals surface area contributed by atoms with E-state index in [2.05, 4.69) is 4.98 Å². The van der Waals surface area contributed by atoms with E-state index in [1.54, 1.807) is 18.3 Å². The zero-order valence-corrected chi connectivity index (χ0v) is 12.0. The van der Waals surface area contributed by atoms with Gasteiger partial charge in [-0.15, -0.1) is 0 Å². The second-order valence-corrected chi connectivity index (χ2v) is 5.63. The lowest BCUT2D eigenvalue weighted by molar-refractivity contribution is 0.419. The lowest BCUT2D eigenvalue weighted by atomic mass is 9.74. The van der Waals surface area contributed by atoms with E-state index in [9.17, 15) is 4.39 Å². The summed E-state index contributed by atoms with van der Waals surface area (Å²) >= 11 is 0. The number of aromatic nitrogens is 1. The first kappa shape index (κ1) is 14.5. The predicted octanol–water partition coefficient (Wildman–Crippen LogP) is 3.09. The average Bonchev–Trinajstić information content (AvgIpc) is 2.38. The van der Waals surface area contributed by atoms with Gasteiger partial charge in [-0.3, -0.25) is 0 Å². The Morgan fingerprint density at radius 2 is 1.75 bits per heavy atom. The standard InChI is InChI=1S/C16H20FN3/c1-10-8-9-20-15(19)13(10)14(18)16(2,3)11-4-6-12(17)7-5-11/h4-9,14H,18H2,1-3H3,(H2,19,20). The smallest absolute Gasteiger partial charge is 0.128 e. The van der Waals surface area contributed by atoms with Gasteiger partial charge in [0.05, 0.1) is 0 Å². The highest BCUT2D eigenvalue weighted by Gasteiger charge is 2.32. The summed E-state index contributed by atoms with van der Waals surface area (Å²) in [6.45, 7) is 6.02. The second kappa shape index (κ2) is 5.21. The van der Waals surface area contributed by atoms with E-state index in [0.717, 1.165) is 16.7 Å². The molecule has 1 unspecified atom stereocenters. The summed E-state index contributed by atoms with van der Waals surface area (Å²) in [5, 5.41) is 0. The first-order valence-corrected chi connectivity index (χ1v) is 6.56. The molecule has 20 heavy (non-hydrogen) atoms. The van der Waals surface area contributed by atoms with E-state index < -0.39 is 0 Å². The maximum atomic E-state index is 13.1. The van der Waals surface area contributed by atoms with Crippen molar-refractivity contribution < 1.29 is 4.39 Å². The fraction of sp³-hybridized carbons (Fsp3) is 0.312. The van der Waals surface area contributed by atoms with E-state index >= 15 is 0 Å². The maximum Gasteiger partial charge on any atom is 0.128 e. The van der Waals surface area contributed by atoms with Crippen LogP contribution in [0.4, 0.5) is 10.2 Å². The summed E-state index contributed by atoms with van der Waals surface area (Å²) < 4.78 is 13.1. The fourth-order valence-electron chi connectivity index (χ4n) is 2.42. The van der Waals surface area contributed by atoms with Gasteiger partial charge in [0.25, 0.3) is 0 Å². The Kier molecular flexibility index (Phi) is 3.77. The molecule has 0 aliphatic heterocycles. The van der Waals surface area contributed by atoms with E-state index in [4.69, 9.17) is 11.5 Å². The number of benzene rings is 1. The van der Waals surface area contributed by atoms with Crippen molar-refractivity contribution in [3.63, 3.8) is 0 Å². The van der Waals surface area contributed by atoms with Crippen molar-refractivity contribution in [3.05, 3.63) is 59.0 Å². The zero-order valence-electron chi connectivity index (χ0n) is 12.0. The summed E-state index contributed by atoms with van der Waals surface area (Å²) in [5.41, 5.74) is 14.9. The third-order valence-electron chi connectivity index (χ3n) is 3.92. The highest BCUT2D eigenvalue weighted by Crippen LogP contribution is 2.38. The second-order valence-electron chi connectivity index (χ2n) is 5.63. The van der Waals surface area contributed by atoms with Crippen LogP contribution in [0.1, 0.15) is 36.6 Å². The van der Waals surface area contributed by atoms with Gasteiger partial charge >= 0.3 is 0 Å². The number of aryl methyl sites for hydroxylation is 1. The Hall–Kier alpha value is -1.94. The number of hydrogen-bond donors (Lipinski definition) is 2. The van der Waals surface area contributed by atoms with Crippen molar-refractivity contribution in [3.8, 4) is 0 Å². The summed E-state index contributed by atoms with van der Waals surface area (Å²) in [6.07, 6.45) is 1.67. The molecule has 1 atom stereocenters. The van der Waals surface area contributed by atoms with E-state index in [1.165, 1.54) is 12.1 Å². The minimum absolute atomic E-state index is 0.254. The Bertz CT molecular complexity index is 585. The number of rotatable bonds is 3. The molecule has 2 aromatic rings. The largest absolute Gasteiger partial charge is 0.383 e. The quantitative estimate of drug-likeness (QED) is 0.903. The van der Waals surface area contributed by atoms with Crippen LogP contribution in [0.2, 0.25) is 0 Å². The predicted molar refractivity (Wildman–Crippen MR) is 79.7 cm³/mol. The number of nitrogens with two attached hydrogens (primary N) is 2. The molecule has 1 aromatic heterocycles. The molecule has 1 heterocycles. The average molecular weight is 273 g/mol. The van der Waals surface area contributed by atoms with E-state index in [-0.39, 0.29) is 17.3 Å². The molecular formula is C16H20FN3. The lowest BCUT2D eigenvalue weighted by Crippen LogP contribution is -2.34. The molecule has 0 fully saturated rings. The summed E-state index contributed by atoms with van der Waals surface area (Å²) in [5.74, 6) is 0.197. The summed E-state index contributed by atoms with van der Waals surface area (Å²) in [6, 6.07) is 7.99. The van der Waals surface area contributed by atoms with Gasteiger partial charge in [-0.1, -0.05) is 26.0 Å². The molecule has 0 bridgehead atoms. The Morgan fingerprint density at radius 1 is 1.15 bits per heavy atom. The van der Waals surface area contributed by atoms with Crippen LogP contribution >= 0.6 is 0 Å². The first-order chi connectivity index (χ1) is 9.34. The molecule has 0 spiro atoms. The Labute approximate surface area is 118 Å². The van der Waals surface area contributed by atoms with Crippen LogP contribution in [0.3, 0.4) is 0 Å². The Balaban J connectivity index is 2.45. The number of nitrogen functional groups attached to an aromatic ring is 1. The molecule has 0 aliphatic rings. The molecule has 4 N–H and O–H groups in total. The van der Waals surface area contributed by atoms with Gasteiger partial charge in [0.2, 0.25) is 0 Å². The monoisotopic (exact) mass is 273 g/mol. The normalized spacial score (nSPS) is 13.2. The molecule has 0 amide bonds. The molecule has 0 saturated carbocycles. The molecule has 106 valence electrons. The first-order valence-electron chi connectivity index (χ1n) is 6.56. The molecular weight excluding hydrogens is 253 g/mol. The third kappa shape index (κ3) is 2.51. The maximum absolute atomic E-state index is 13.1. The van der Waals surface area contributed by atoms with Gasteiger partial charge in [-0.05, 0) is 36.2 Å². The van der Waals surface area contributed by atoms with Crippen LogP contribution in [0.25, 0.3) is 0 Å². The van der Waals surface area contributed by atoms with Crippen molar-refractivity contribution in [2.24, 2.45) is 5.73 Å².